The summed E-state index contributed by atoms with van der Waals surface area (Å²) in [5.74, 6) is 0.150. The average Bonchev–Trinajstić information content (AvgIpc) is 2.78. The molecule has 0 aliphatic carbocycles. The summed E-state index contributed by atoms with van der Waals surface area (Å²) in [6, 6.07) is 2.47. The fraction of sp³-hybridized carbons (Fsp3) is 0.500. The summed E-state index contributed by atoms with van der Waals surface area (Å²) < 4.78 is 32.6. The summed E-state index contributed by atoms with van der Waals surface area (Å²) in [6.07, 6.45) is 0.827. The number of ether oxygens (including phenoxy) is 1. The second kappa shape index (κ2) is 6.07. The molecule has 1 aromatic carbocycles. The van der Waals surface area contributed by atoms with Crippen LogP contribution >= 0.6 is 23.2 Å². The summed E-state index contributed by atoms with van der Waals surface area (Å²) in [7, 11) is -3.80. The normalized spacial score (nSPS) is 21.1. The molecule has 1 heterocycles. The maximum Gasteiger partial charge on any atom is 0.244 e. The zero-order valence-corrected chi connectivity index (χ0v) is 13.2. The first-order chi connectivity index (χ1) is 9.31. The van der Waals surface area contributed by atoms with Crippen LogP contribution in [0.2, 0.25) is 10.0 Å². The van der Waals surface area contributed by atoms with Crippen LogP contribution in [0.15, 0.2) is 17.0 Å². The lowest BCUT2D eigenvalue weighted by atomic mass is 10.0. The molecule has 5 nitrogen and oxygen atoms in total. The smallest absolute Gasteiger partial charge is 0.244 e. The Bertz CT molecular complexity index is 578. The van der Waals surface area contributed by atoms with E-state index in [4.69, 9.17) is 33.7 Å². The molecule has 1 aliphatic rings. The van der Waals surface area contributed by atoms with Crippen molar-refractivity contribution in [1.82, 2.24) is 4.72 Å². The van der Waals surface area contributed by atoms with E-state index in [2.05, 4.69) is 4.72 Å². The Balaban J connectivity index is 2.26. The highest BCUT2D eigenvalue weighted by molar-refractivity contribution is 7.89. The first-order valence-corrected chi connectivity index (χ1v) is 8.40. The molecule has 0 aromatic heterocycles. The van der Waals surface area contributed by atoms with Crippen LogP contribution in [0, 0.1) is 5.92 Å². The van der Waals surface area contributed by atoms with Gasteiger partial charge in [0, 0.05) is 23.6 Å². The van der Waals surface area contributed by atoms with E-state index in [1.165, 1.54) is 12.1 Å². The maximum absolute atomic E-state index is 12.4. The molecule has 0 amide bonds. The molecular weight excluding hydrogens is 323 g/mol. The highest BCUT2D eigenvalue weighted by Gasteiger charge is 2.29. The van der Waals surface area contributed by atoms with E-state index in [0.717, 1.165) is 6.42 Å². The Morgan fingerprint density at radius 1 is 1.45 bits per heavy atom. The molecule has 0 radical (unpaired) electrons. The largest absolute Gasteiger partial charge is 0.398 e. The molecule has 0 saturated carbocycles. The number of hydrogen-bond donors (Lipinski definition) is 2. The Hall–Kier alpha value is -0.530. The van der Waals surface area contributed by atoms with Crippen LogP contribution in [0.1, 0.15) is 13.3 Å². The van der Waals surface area contributed by atoms with Gasteiger partial charge in [-0.25, -0.2) is 13.1 Å². The molecule has 1 aliphatic heterocycles. The fourth-order valence-electron chi connectivity index (χ4n) is 2.21. The van der Waals surface area contributed by atoms with Gasteiger partial charge in [0.25, 0.3) is 0 Å². The summed E-state index contributed by atoms with van der Waals surface area (Å²) in [5, 5.41) is 0.307. The first-order valence-electron chi connectivity index (χ1n) is 6.16. The lowest BCUT2D eigenvalue weighted by Gasteiger charge is -2.20. The summed E-state index contributed by atoms with van der Waals surface area (Å²) >= 11 is 11.7. The van der Waals surface area contributed by atoms with Crippen molar-refractivity contribution in [1.29, 1.82) is 0 Å². The molecule has 2 atom stereocenters. The van der Waals surface area contributed by atoms with E-state index >= 15 is 0 Å². The topological polar surface area (TPSA) is 81.4 Å². The Kier molecular flexibility index (Phi) is 4.81. The predicted molar refractivity (Wildman–Crippen MR) is 79.6 cm³/mol. The van der Waals surface area contributed by atoms with Crippen molar-refractivity contribution in [3.8, 4) is 0 Å². The van der Waals surface area contributed by atoms with E-state index in [9.17, 15) is 8.42 Å². The Morgan fingerprint density at radius 2 is 2.15 bits per heavy atom. The van der Waals surface area contributed by atoms with Crippen molar-refractivity contribution < 1.29 is 13.2 Å². The van der Waals surface area contributed by atoms with Crippen LogP contribution in [-0.2, 0) is 14.8 Å². The van der Waals surface area contributed by atoms with E-state index in [1.807, 2.05) is 0 Å². The molecule has 1 aromatic rings. The number of sulfonamides is 1. The van der Waals surface area contributed by atoms with Crippen LogP contribution in [-0.4, -0.2) is 27.7 Å². The molecule has 8 heteroatoms. The molecular formula is C12H16Cl2N2O3S. The number of anilines is 1. The third kappa shape index (κ3) is 3.38. The van der Waals surface area contributed by atoms with Crippen molar-refractivity contribution in [3.63, 3.8) is 0 Å². The number of nitrogens with one attached hydrogen (secondary N) is 1. The molecule has 20 heavy (non-hydrogen) atoms. The summed E-state index contributed by atoms with van der Waals surface area (Å²) in [4.78, 5) is -0.130. The quantitative estimate of drug-likeness (QED) is 0.825. The highest BCUT2D eigenvalue weighted by Crippen LogP contribution is 2.31. The zero-order chi connectivity index (χ0) is 14.9. The molecule has 0 bridgehead atoms. The van der Waals surface area contributed by atoms with Gasteiger partial charge in [0.2, 0.25) is 10.0 Å². The van der Waals surface area contributed by atoms with E-state index in [-0.39, 0.29) is 27.6 Å². The van der Waals surface area contributed by atoms with Gasteiger partial charge in [-0.1, -0.05) is 23.2 Å². The van der Waals surface area contributed by atoms with Crippen molar-refractivity contribution in [2.75, 3.05) is 18.9 Å². The molecule has 0 spiro atoms. The zero-order valence-electron chi connectivity index (χ0n) is 10.9. The number of nitrogens with two attached hydrogens (primary N) is 1. The number of hydrogen-bond acceptors (Lipinski definition) is 4. The molecule has 112 valence electrons. The molecule has 3 N–H and O–H groups in total. The van der Waals surface area contributed by atoms with Crippen molar-refractivity contribution >= 4 is 38.9 Å². The van der Waals surface area contributed by atoms with Crippen molar-refractivity contribution in [2.45, 2.75) is 24.3 Å². The van der Waals surface area contributed by atoms with Gasteiger partial charge in [-0.2, -0.15) is 0 Å². The Labute approximate surface area is 128 Å². The fourth-order valence-corrected chi connectivity index (χ4v) is 4.51. The highest BCUT2D eigenvalue weighted by atomic mass is 35.5. The van der Waals surface area contributed by atoms with Gasteiger partial charge in [-0.15, -0.1) is 0 Å². The standard InChI is InChI=1S/C12H16Cl2N2O3S/c1-7(8-2-3-19-6-8)16-20(17,18)12-10(14)4-9(13)5-11(12)15/h4-5,7-8,16H,2-3,6,15H2,1H3. The number of halogens is 2. The number of nitrogen functional groups attached to an aromatic ring is 1. The van der Waals surface area contributed by atoms with Crippen LogP contribution in [0.25, 0.3) is 0 Å². The van der Waals surface area contributed by atoms with Crippen molar-refractivity contribution in [2.24, 2.45) is 5.92 Å². The van der Waals surface area contributed by atoms with Gasteiger partial charge >= 0.3 is 0 Å². The maximum atomic E-state index is 12.4. The number of rotatable bonds is 4. The predicted octanol–water partition coefficient (Wildman–Crippen LogP) is 2.28. The monoisotopic (exact) mass is 338 g/mol. The van der Waals surface area contributed by atoms with E-state index in [0.29, 0.717) is 18.2 Å². The minimum atomic E-state index is -3.80. The van der Waals surface area contributed by atoms with Gasteiger partial charge in [0.05, 0.1) is 17.3 Å². The minimum Gasteiger partial charge on any atom is -0.398 e. The average molecular weight is 339 g/mol. The van der Waals surface area contributed by atoms with Crippen LogP contribution in [0.3, 0.4) is 0 Å². The van der Waals surface area contributed by atoms with Gasteiger partial charge in [0.15, 0.2) is 0 Å². The SMILES string of the molecule is CC(NS(=O)(=O)c1c(N)cc(Cl)cc1Cl)C1CCOC1. The van der Waals surface area contributed by atoms with E-state index < -0.39 is 10.0 Å². The summed E-state index contributed by atoms with van der Waals surface area (Å²) in [5.41, 5.74) is 5.76. The number of benzene rings is 1. The molecule has 2 rings (SSSR count). The third-order valence-corrected chi connectivity index (χ3v) is 5.62. The lowest BCUT2D eigenvalue weighted by Crippen LogP contribution is -2.38. The molecule has 2 unspecified atom stereocenters. The van der Waals surface area contributed by atoms with Crippen LogP contribution < -0.4 is 10.5 Å². The second-order valence-corrected chi connectivity index (χ2v) is 7.33. The van der Waals surface area contributed by atoms with Gasteiger partial charge < -0.3 is 10.5 Å². The third-order valence-electron chi connectivity index (χ3n) is 3.32. The molecule has 1 saturated heterocycles. The Morgan fingerprint density at radius 3 is 2.70 bits per heavy atom. The van der Waals surface area contributed by atoms with Gasteiger partial charge in [0.1, 0.15) is 4.90 Å². The van der Waals surface area contributed by atoms with Gasteiger partial charge in [-0.3, -0.25) is 0 Å². The second-order valence-electron chi connectivity index (χ2n) is 4.84. The van der Waals surface area contributed by atoms with E-state index in [1.54, 1.807) is 6.92 Å². The minimum absolute atomic E-state index is 0.0115. The summed E-state index contributed by atoms with van der Waals surface area (Å²) in [6.45, 7) is 3.00. The first kappa shape index (κ1) is 15.9. The van der Waals surface area contributed by atoms with Crippen LogP contribution in [0.5, 0.6) is 0 Å². The van der Waals surface area contributed by atoms with Crippen LogP contribution in [0.4, 0.5) is 5.69 Å². The van der Waals surface area contributed by atoms with Crippen molar-refractivity contribution in [3.05, 3.63) is 22.2 Å². The van der Waals surface area contributed by atoms with Gasteiger partial charge in [-0.05, 0) is 25.5 Å². The molecule has 1 fully saturated rings. The lowest BCUT2D eigenvalue weighted by molar-refractivity contribution is 0.180.